The van der Waals surface area contributed by atoms with Gasteiger partial charge in [0, 0.05) is 38.3 Å². The van der Waals surface area contributed by atoms with Gasteiger partial charge in [0.05, 0.1) is 0 Å². The molecule has 1 saturated heterocycles. The minimum atomic E-state index is 0.667. The predicted octanol–water partition coefficient (Wildman–Crippen LogP) is 3.16. The van der Waals surface area contributed by atoms with Crippen LogP contribution in [0.25, 0.3) is 0 Å². The van der Waals surface area contributed by atoms with E-state index in [1.807, 2.05) is 0 Å². The predicted molar refractivity (Wildman–Crippen MR) is 82.4 cm³/mol. The monoisotopic (exact) mass is 260 g/mol. The number of rotatable bonds is 4. The van der Waals surface area contributed by atoms with E-state index in [0.717, 1.165) is 13.0 Å². The van der Waals surface area contributed by atoms with Gasteiger partial charge in [0.1, 0.15) is 0 Å². The Labute approximate surface area is 118 Å². The topological polar surface area (TPSA) is 6.48 Å². The summed E-state index contributed by atoms with van der Waals surface area (Å²) in [6, 6.07) is 10.4. The first kappa shape index (κ1) is 14.5. The summed E-state index contributed by atoms with van der Waals surface area (Å²) in [6.45, 7) is 13.9. The van der Waals surface area contributed by atoms with Gasteiger partial charge in [0.15, 0.2) is 0 Å². The molecule has 0 aromatic heterocycles. The van der Waals surface area contributed by atoms with E-state index in [0.29, 0.717) is 12.1 Å². The Balaban J connectivity index is 1.94. The molecule has 0 spiro atoms. The summed E-state index contributed by atoms with van der Waals surface area (Å²) >= 11 is 0. The van der Waals surface area contributed by atoms with Crippen molar-refractivity contribution in [3.05, 3.63) is 35.4 Å². The number of piperazine rings is 1. The molecule has 0 aliphatic carbocycles. The molecule has 2 rings (SSSR count). The molecule has 106 valence electrons. The van der Waals surface area contributed by atoms with Gasteiger partial charge in [0.25, 0.3) is 0 Å². The van der Waals surface area contributed by atoms with Gasteiger partial charge >= 0.3 is 0 Å². The highest BCUT2D eigenvalue weighted by Crippen LogP contribution is 2.16. The van der Waals surface area contributed by atoms with Crippen LogP contribution in [-0.4, -0.2) is 41.5 Å². The van der Waals surface area contributed by atoms with Crippen molar-refractivity contribution in [1.82, 2.24) is 9.80 Å². The Hall–Kier alpha value is -0.860. The van der Waals surface area contributed by atoms with Crippen LogP contribution in [0.5, 0.6) is 0 Å². The number of aryl methyl sites for hydroxylation is 1. The van der Waals surface area contributed by atoms with Crippen LogP contribution in [-0.2, 0) is 13.0 Å². The molecular weight excluding hydrogens is 232 g/mol. The fourth-order valence-corrected chi connectivity index (χ4v) is 3.16. The summed E-state index contributed by atoms with van der Waals surface area (Å²) in [5, 5.41) is 0. The molecule has 19 heavy (non-hydrogen) atoms. The zero-order chi connectivity index (χ0) is 13.8. The molecule has 1 heterocycles. The fourth-order valence-electron chi connectivity index (χ4n) is 3.16. The molecule has 1 unspecified atom stereocenters. The van der Waals surface area contributed by atoms with Crippen molar-refractivity contribution in [2.75, 3.05) is 19.6 Å². The first-order chi connectivity index (χ1) is 9.10. The van der Waals surface area contributed by atoms with Crippen LogP contribution in [0.2, 0.25) is 0 Å². The van der Waals surface area contributed by atoms with E-state index in [2.05, 4.69) is 61.8 Å². The zero-order valence-corrected chi connectivity index (χ0v) is 12.9. The van der Waals surface area contributed by atoms with E-state index in [4.69, 9.17) is 0 Å². The molecule has 0 N–H and O–H groups in total. The molecule has 1 aliphatic rings. The lowest BCUT2D eigenvalue weighted by Crippen LogP contribution is -2.53. The van der Waals surface area contributed by atoms with Gasteiger partial charge < -0.3 is 0 Å². The summed E-state index contributed by atoms with van der Waals surface area (Å²) in [6.07, 6.45) is 1.13. The summed E-state index contributed by atoms with van der Waals surface area (Å²) in [7, 11) is 0. The van der Waals surface area contributed by atoms with E-state index in [9.17, 15) is 0 Å². The molecule has 1 aromatic rings. The SMILES string of the molecule is CCc1cccc(CN2CCN(C(C)C)C(C)C2)c1. The number of hydrogen-bond acceptors (Lipinski definition) is 2. The highest BCUT2D eigenvalue weighted by atomic mass is 15.3. The molecule has 0 bridgehead atoms. The van der Waals surface area contributed by atoms with Crippen LogP contribution in [0.15, 0.2) is 24.3 Å². The van der Waals surface area contributed by atoms with Crippen molar-refractivity contribution in [3.8, 4) is 0 Å². The van der Waals surface area contributed by atoms with Crippen molar-refractivity contribution in [1.29, 1.82) is 0 Å². The first-order valence-electron chi connectivity index (χ1n) is 7.66. The van der Waals surface area contributed by atoms with Gasteiger partial charge in [-0.2, -0.15) is 0 Å². The number of hydrogen-bond donors (Lipinski definition) is 0. The molecule has 1 atom stereocenters. The molecule has 0 amide bonds. The average Bonchev–Trinajstić information content (AvgIpc) is 2.38. The maximum absolute atomic E-state index is 2.61. The second-order valence-corrected chi connectivity index (χ2v) is 6.09. The van der Waals surface area contributed by atoms with Crippen molar-refractivity contribution in [2.45, 2.75) is 52.7 Å². The van der Waals surface area contributed by atoms with Crippen LogP contribution >= 0.6 is 0 Å². The van der Waals surface area contributed by atoms with Gasteiger partial charge in [-0.05, 0) is 38.3 Å². The molecule has 1 fully saturated rings. The van der Waals surface area contributed by atoms with Crippen LogP contribution in [0, 0.1) is 0 Å². The smallest absolute Gasteiger partial charge is 0.0235 e. The van der Waals surface area contributed by atoms with E-state index in [1.165, 1.54) is 30.8 Å². The van der Waals surface area contributed by atoms with E-state index in [-0.39, 0.29) is 0 Å². The van der Waals surface area contributed by atoms with Gasteiger partial charge in [-0.1, -0.05) is 31.2 Å². The lowest BCUT2D eigenvalue weighted by atomic mass is 10.1. The van der Waals surface area contributed by atoms with Crippen LogP contribution in [0.4, 0.5) is 0 Å². The normalized spacial score (nSPS) is 22.1. The summed E-state index contributed by atoms with van der Waals surface area (Å²) in [5.74, 6) is 0. The summed E-state index contributed by atoms with van der Waals surface area (Å²) in [4.78, 5) is 5.21. The molecular formula is C17H28N2. The third-order valence-corrected chi connectivity index (χ3v) is 4.23. The fraction of sp³-hybridized carbons (Fsp3) is 0.647. The molecule has 2 nitrogen and oxygen atoms in total. The van der Waals surface area contributed by atoms with Crippen molar-refractivity contribution >= 4 is 0 Å². The van der Waals surface area contributed by atoms with Gasteiger partial charge in [-0.15, -0.1) is 0 Å². The number of benzene rings is 1. The lowest BCUT2D eigenvalue weighted by molar-refractivity contribution is 0.0564. The highest BCUT2D eigenvalue weighted by molar-refractivity contribution is 5.23. The Kier molecular flexibility index (Phi) is 5.00. The Morgan fingerprint density at radius 3 is 2.58 bits per heavy atom. The van der Waals surface area contributed by atoms with Gasteiger partial charge in [0.2, 0.25) is 0 Å². The maximum atomic E-state index is 2.61. The molecule has 1 aromatic carbocycles. The standard InChI is InChI=1S/C17H28N2/c1-5-16-7-6-8-17(11-16)13-18-9-10-19(14(2)3)15(4)12-18/h6-8,11,14-15H,5,9-10,12-13H2,1-4H3. The Morgan fingerprint density at radius 2 is 1.95 bits per heavy atom. The minimum Gasteiger partial charge on any atom is -0.296 e. The minimum absolute atomic E-state index is 0.667. The van der Waals surface area contributed by atoms with Crippen molar-refractivity contribution < 1.29 is 0 Å². The van der Waals surface area contributed by atoms with Crippen LogP contribution < -0.4 is 0 Å². The second-order valence-electron chi connectivity index (χ2n) is 6.09. The Morgan fingerprint density at radius 1 is 1.21 bits per heavy atom. The first-order valence-corrected chi connectivity index (χ1v) is 7.66. The molecule has 0 saturated carbocycles. The number of nitrogens with zero attached hydrogens (tertiary/aromatic N) is 2. The molecule has 1 aliphatic heterocycles. The van der Waals surface area contributed by atoms with E-state index < -0.39 is 0 Å². The Bertz CT molecular complexity index is 400. The van der Waals surface area contributed by atoms with Gasteiger partial charge in [-0.3, -0.25) is 9.80 Å². The average molecular weight is 260 g/mol. The highest BCUT2D eigenvalue weighted by Gasteiger charge is 2.25. The summed E-state index contributed by atoms with van der Waals surface area (Å²) < 4.78 is 0. The molecule has 0 radical (unpaired) electrons. The quantitative estimate of drug-likeness (QED) is 0.820. The maximum Gasteiger partial charge on any atom is 0.0235 e. The van der Waals surface area contributed by atoms with Crippen molar-refractivity contribution in [2.24, 2.45) is 0 Å². The van der Waals surface area contributed by atoms with Crippen LogP contribution in [0.1, 0.15) is 38.8 Å². The van der Waals surface area contributed by atoms with Crippen LogP contribution in [0.3, 0.4) is 0 Å². The van der Waals surface area contributed by atoms with E-state index in [1.54, 1.807) is 0 Å². The van der Waals surface area contributed by atoms with E-state index >= 15 is 0 Å². The molecule has 2 heteroatoms. The second kappa shape index (κ2) is 6.53. The third kappa shape index (κ3) is 3.80. The lowest BCUT2D eigenvalue weighted by Gasteiger charge is -2.42. The zero-order valence-electron chi connectivity index (χ0n) is 12.9. The largest absolute Gasteiger partial charge is 0.296 e. The third-order valence-electron chi connectivity index (χ3n) is 4.23. The van der Waals surface area contributed by atoms with Gasteiger partial charge in [-0.25, -0.2) is 0 Å². The summed E-state index contributed by atoms with van der Waals surface area (Å²) in [5.41, 5.74) is 2.91. The van der Waals surface area contributed by atoms with Crippen molar-refractivity contribution in [3.63, 3.8) is 0 Å².